The molecule has 0 fully saturated rings. The largest absolute Gasteiger partial charge is 0.353 e. The average molecular weight is 205 g/mol. The minimum atomic E-state index is -0.0198. The normalized spacial score (nSPS) is 12.5. The molecular formula is C13H19NO. The van der Waals surface area contributed by atoms with Gasteiger partial charge in [-0.05, 0) is 25.8 Å². The highest BCUT2D eigenvalue weighted by molar-refractivity contribution is 5.83. The molecule has 0 radical (unpaired) electrons. The highest BCUT2D eigenvalue weighted by Gasteiger charge is 2.18. The van der Waals surface area contributed by atoms with Crippen molar-refractivity contribution in [3.63, 3.8) is 0 Å². The molecule has 0 aliphatic heterocycles. The first-order valence-corrected chi connectivity index (χ1v) is 5.50. The second kappa shape index (κ2) is 5.54. The Morgan fingerprint density at radius 3 is 2.33 bits per heavy atom. The highest BCUT2D eigenvalue weighted by Crippen LogP contribution is 2.19. The van der Waals surface area contributed by atoms with Crippen molar-refractivity contribution in [2.75, 3.05) is 0 Å². The molecule has 1 rings (SSSR count). The van der Waals surface area contributed by atoms with Crippen molar-refractivity contribution in [2.45, 2.75) is 39.2 Å². The van der Waals surface area contributed by atoms with E-state index < -0.39 is 0 Å². The number of carbonyl (C=O) groups is 1. The Bertz CT molecular complexity index is 306. The lowest BCUT2D eigenvalue weighted by atomic mass is 9.95. The number of benzene rings is 1. The van der Waals surface area contributed by atoms with Crippen molar-refractivity contribution in [1.29, 1.82) is 0 Å². The van der Waals surface area contributed by atoms with Crippen LogP contribution in [0.15, 0.2) is 30.3 Å². The summed E-state index contributed by atoms with van der Waals surface area (Å²) in [7, 11) is 0. The van der Waals surface area contributed by atoms with Crippen molar-refractivity contribution >= 4 is 5.91 Å². The summed E-state index contributed by atoms with van der Waals surface area (Å²) in [6.45, 7) is 6.00. The Balaban J connectivity index is 2.76. The maximum atomic E-state index is 11.9. The molecule has 1 aromatic rings. The van der Waals surface area contributed by atoms with Gasteiger partial charge in [0.15, 0.2) is 0 Å². The van der Waals surface area contributed by atoms with Crippen molar-refractivity contribution in [3.05, 3.63) is 35.9 Å². The minimum Gasteiger partial charge on any atom is -0.353 e. The quantitative estimate of drug-likeness (QED) is 0.804. The first-order chi connectivity index (χ1) is 7.15. The molecule has 1 N–H and O–H groups in total. The van der Waals surface area contributed by atoms with Crippen LogP contribution in [0.5, 0.6) is 0 Å². The van der Waals surface area contributed by atoms with Gasteiger partial charge in [-0.15, -0.1) is 0 Å². The third-order valence-electron chi connectivity index (χ3n) is 2.36. The number of nitrogens with one attached hydrogen (secondary N) is 1. The van der Waals surface area contributed by atoms with Crippen LogP contribution in [0.4, 0.5) is 0 Å². The van der Waals surface area contributed by atoms with E-state index in [2.05, 4.69) is 5.32 Å². The predicted molar refractivity (Wildman–Crippen MR) is 62.8 cm³/mol. The van der Waals surface area contributed by atoms with Crippen molar-refractivity contribution in [2.24, 2.45) is 0 Å². The fourth-order valence-electron chi connectivity index (χ4n) is 1.64. The minimum absolute atomic E-state index is 0.0198. The molecule has 1 aromatic carbocycles. The topological polar surface area (TPSA) is 29.1 Å². The summed E-state index contributed by atoms with van der Waals surface area (Å²) < 4.78 is 0. The number of hydrogen-bond acceptors (Lipinski definition) is 1. The third-order valence-corrected chi connectivity index (χ3v) is 2.36. The van der Waals surface area contributed by atoms with Gasteiger partial charge in [0.25, 0.3) is 0 Å². The van der Waals surface area contributed by atoms with E-state index in [4.69, 9.17) is 0 Å². The Hall–Kier alpha value is -1.31. The smallest absolute Gasteiger partial charge is 0.227 e. The van der Waals surface area contributed by atoms with Gasteiger partial charge in [0.2, 0.25) is 5.91 Å². The molecule has 0 saturated heterocycles. The van der Waals surface area contributed by atoms with E-state index in [1.807, 2.05) is 51.1 Å². The zero-order valence-electron chi connectivity index (χ0n) is 9.66. The zero-order chi connectivity index (χ0) is 11.3. The van der Waals surface area contributed by atoms with Gasteiger partial charge in [-0.2, -0.15) is 0 Å². The number of rotatable bonds is 4. The van der Waals surface area contributed by atoms with Gasteiger partial charge in [0, 0.05) is 6.04 Å². The Kier molecular flexibility index (Phi) is 4.35. The maximum Gasteiger partial charge on any atom is 0.227 e. The molecule has 1 amide bonds. The van der Waals surface area contributed by atoms with E-state index in [1.165, 1.54) is 0 Å². The fraction of sp³-hybridized carbons (Fsp3) is 0.462. The Morgan fingerprint density at radius 2 is 1.87 bits per heavy atom. The van der Waals surface area contributed by atoms with Crippen LogP contribution in [-0.4, -0.2) is 11.9 Å². The summed E-state index contributed by atoms with van der Waals surface area (Å²) in [5.41, 5.74) is 1.10. The van der Waals surface area contributed by atoms with Crippen LogP contribution in [0.2, 0.25) is 0 Å². The van der Waals surface area contributed by atoms with Crippen molar-refractivity contribution < 1.29 is 4.79 Å². The third kappa shape index (κ3) is 3.39. The molecule has 0 bridgehead atoms. The molecule has 15 heavy (non-hydrogen) atoms. The summed E-state index contributed by atoms with van der Waals surface area (Å²) in [5.74, 6) is 0.104. The zero-order valence-corrected chi connectivity index (χ0v) is 9.66. The number of hydrogen-bond donors (Lipinski definition) is 1. The van der Waals surface area contributed by atoms with Crippen molar-refractivity contribution in [3.8, 4) is 0 Å². The van der Waals surface area contributed by atoms with Crippen LogP contribution in [-0.2, 0) is 4.79 Å². The maximum absolute atomic E-state index is 11.9. The molecule has 0 heterocycles. The van der Waals surface area contributed by atoms with Gasteiger partial charge in [-0.1, -0.05) is 37.3 Å². The number of amides is 1. The molecule has 0 unspecified atom stereocenters. The molecular weight excluding hydrogens is 186 g/mol. The van der Waals surface area contributed by atoms with Crippen LogP contribution in [0.25, 0.3) is 0 Å². The molecule has 1 atom stereocenters. The lowest BCUT2D eigenvalue weighted by Crippen LogP contribution is -2.34. The molecule has 0 spiro atoms. The SMILES string of the molecule is CC[C@@H](C(=O)NC(C)C)c1ccccc1. The Labute approximate surface area is 91.7 Å². The van der Waals surface area contributed by atoms with Gasteiger partial charge in [0.05, 0.1) is 5.92 Å². The Morgan fingerprint density at radius 1 is 1.27 bits per heavy atom. The molecule has 0 aliphatic rings. The van der Waals surface area contributed by atoms with E-state index in [9.17, 15) is 4.79 Å². The van der Waals surface area contributed by atoms with E-state index in [0.717, 1.165) is 12.0 Å². The summed E-state index contributed by atoms with van der Waals surface area (Å²) in [6, 6.07) is 10.1. The fourth-order valence-corrected chi connectivity index (χ4v) is 1.64. The van der Waals surface area contributed by atoms with Crippen LogP contribution < -0.4 is 5.32 Å². The highest BCUT2D eigenvalue weighted by atomic mass is 16.1. The first-order valence-electron chi connectivity index (χ1n) is 5.50. The van der Waals surface area contributed by atoms with Gasteiger partial charge in [-0.25, -0.2) is 0 Å². The summed E-state index contributed by atoms with van der Waals surface area (Å²) in [6.07, 6.45) is 0.836. The molecule has 82 valence electrons. The van der Waals surface area contributed by atoms with E-state index in [0.29, 0.717) is 0 Å². The van der Waals surface area contributed by atoms with Crippen LogP contribution in [0, 0.1) is 0 Å². The first kappa shape index (κ1) is 11.8. The van der Waals surface area contributed by atoms with Crippen molar-refractivity contribution in [1.82, 2.24) is 5.32 Å². The summed E-state index contributed by atoms with van der Waals surface area (Å²) >= 11 is 0. The van der Waals surface area contributed by atoms with Gasteiger partial charge in [-0.3, -0.25) is 4.79 Å². The molecule has 0 saturated carbocycles. The molecule has 2 heteroatoms. The van der Waals surface area contributed by atoms with Crippen LogP contribution in [0.3, 0.4) is 0 Å². The second-order valence-corrected chi connectivity index (χ2v) is 4.03. The predicted octanol–water partition coefficient (Wildman–Crippen LogP) is 2.70. The second-order valence-electron chi connectivity index (χ2n) is 4.03. The van der Waals surface area contributed by atoms with E-state index >= 15 is 0 Å². The van der Waals surface area contributed by atoms with Crippen LogP contribution >= 0.6 is 0 Å². The molecule has 2 nitrogen and oxygen atoms in total. The average Bonchev–Trinajstić information content (AvgIpc) is 2.19. The van der Waals surface area contributed by atoms with Gasteiger partial charge >= 0.3 is 0 Å². The molecule has 0 aliphatic carbocycles. The van der Waals surface area contributed by atoms with Crippen LogP contribution in [0.1, 0.15) is 38.7 Å². The monoisotopic (exact) mass is 205 g/mol. The summed E-state index contributed by atoms with van der Waals surface area (Å²) in [5, 5.41) is 2.95. The van der Waals surface area contributed by atoms with E-state index in [-0.39, 0.29) is 17.9 Å². The van der Waals surface area contributed by atoms with E-state index in [1.54, 1.807) is 0 Å². The lowest BCUT2D eigenvalue weighted by molar-refractivity contribution is -0.123. The lowest BCUT2D eigenvalue weighted by Gasteiger charge is -2.17. The standard InChI is InChI=1S/C13H19NO/c1-4-12(13(15)14-10(2)3)11-8-6-5-7-9-11/h5-10,12H,4H2,1-3H3,(H,14,15)/t12-/m1/s1. The number of carbonyl (C=O) groups excluding carboxylic acids is 1. The van der Waals surface area contributed by atoms with Gasteiger partial charge in [0.1, 0.15) is 0 Å². The molecule has 0 aromatic heterocycles. The summed E-state index contributed by atoms with van der Waals surface area (Å²) in [4.78, 5) is 11.9. The van der Waals surface area contributed by atoms with Gasteiger partial charge < -0.3 is 5.32 Å².